The van der Waals surface area contributed by atoms with Gasteiger partial charge in [0.1, 0.15) is 22.9 Å². The van der Waals surface area contributed by atoms with Gasteiger partial charge in [0.05, 0.1) is 22.0 Å². The number of anilines is 5. The molecule has 0 saturated carbocycles. The standard InChI is InChI=1S/C29H21F2N7O3S/c1-38(27(40)24-18(30)6-3-7-19(24)31)17-5-2-4-15(12-17)25-26(42-28(32)37-25)21-10-11-33-29(36-21)34-16-8-9-20-22(13-16)41-14-23(39)35-20/h2-13H,14H2,1H3,(H2,32,37)(H,35,39)(H,33,34,36). The van der Waals surface area contributed by atoms with Crippen molar-refractivity contribution in [2.45, 2.75) is 0 Å². The zero-order valence-corrected chi connectivity index (χ0v) is 22.7. The van der Waals surface area contributed by atoms with Gasteiger partial charge in [-0.25, -0.2) is 23.7 Å². The predicted octanol–water partition coefficient (Wildman–Crippen LogP) is 5.48. The Kier molecular flexibility index (Phi) is 6.92. The van der Waals surface area contributed by atoms with Crippen molar-refractivity contribution < 1.29 is 23.1 Å². The van der Waals surface area contributed by atoms with Gasteiger partial charge in [-0.05, 0) is 42.5 Å². The first kappa shape index (κ1) is 26.8. The predicted molar refractivity (Wildman–Crippen MR) is 156 cm³/mol. The molecule has 0 atom stereocenters. The van der Waals surface area contributed by atoms with E-state index in [-0.39, 0.29) is 12.5 Å². The molecule has 42 heavy (non-hydrogen) atoms. The SMILES string of the molecule is CN(C(=O)c1c(F)cccc1F)c1cccc(-c2nc(N)sc2-c2ccnc(Nc3ccc4c(c3)OCC(=O)N4)n2)c1. The van der Waals surface area contributed by atoms with E-state index in [1.165, 1.54) is 29.4 Å². The van der Waals surface area contributed by atoms with E-state index in [9.17, 15) is 18.4 Å². The van der Waals surface area contributed by atoms with Crippen molar-refractivity contribution in [1.82, 2.24) is 15.0 Å². The third kappa shape index (κ3) is 5.20. The Balaban J connectivity index is 1.29. The average molecular weight is 586 g/mol. The molecule has 3 heterocycles. The normalized spacial score (nSPS) is 12.2. The minimum atomic E-state index is -0.944. The lowest BCUT2D eigenvalue weighted by molar-refractivity contribution is -0.118. The number of ether oxygens (including phenoxy) is 1. The summed E-state index contributed by atoms with van der Waals surface area (Å²) in [4.78, 5) is 39.8. The number of aromatic nitrogens is 3. The van der Waals surface area contributed by atoms with E-state index < -0.39 is 23.1 Å². The Labute approximate surface area is 241 Å². The van der Waals surface area contributed by atoms with Crippen LogP contribution in [0.5, 0.6) is 5.75 Å². The fraction of sp³-hybridized carbons (Fsp3) is 0.0690. The molecule has 0 spiro atoms. The Hall–Kier alpha value is -5.43. The Morgan fingerprint density at radius 3 is 2.67 bits per heavy atom. The number of benzene rings is 3. The first-order chi connectivity index (χ1) is 20.3. The number of halogens is 2. The summed E-state index contributed by atoms with van der Waals surface area (Å²) < 4.78 is 34.0. The summed E-state index contributed by atoms with van der Waals surface area (Å²) in [5.41, 5.74) is 8.76. The third-order valence-corrected chi connectivity index (χ3v) is 7.30. The van der Waals surface area contributed by atoms with Crippen molar-refractivity contribution >= 4 is 51.3 Å². The van der Waals surface area contributed by atoms with E-state index >= 15 is 0 Å². The molecule has 2 amide bonds. The fourth-order valence-corrected chi connectivity index (χ4v) is 5.21. The van der Waals surface area contributed by atoms with Gasteiger partial charge in [-0.3, -0.25) is 9.59 Å². The Bertz CT molecular complexity index is 1840. The number of hydrogen-bond donors (Lipinski definition) is 3. The van der Waals surface area contributed by atoms with Gasteiger partial charge in [-0.2, -0.15) is 0 Å². The van der Waals surface area contributed by atoms with Crippen LogP contribution in [0, 0.1) is 11.6 Å². The summed E-state index contributed by atoms with van der Waals surface area (Å²) in [5.74, 6) is -2.12. The maximum atomic E-state index is 14.3. The average Bonchev–Trinajstić information content (AvgIpc) is 3.38. The van der Waals surface area contributed by atoms with E-state index in [1.54, 1.807) is 54.7 Å². The van der Waals surface area contributed by atoms with Gasteiger partial charge in [0.25, 0.3) is 11.8 Å². The lowest BCUT2D eigenvalue weighted by Gasteiger charge is -2.19. The van der Waals surface area contributed by atoms with E-state index in [2.05, 4.69) is 25.6 Å². The lowest BCUT2D eigenvalue weighted by Crippen LogP contribution is -2.28. The molecule has 4 N–H and O–H groups in total. The van der Waals surface area contributed by atoms with Crippen molar-refractivity contribution in [2.75, 3.05) is 34.9 Å². The van der Waals surface area contributed by atoms with Crippen LogP contribution in [-0.2, 0) is 4.79 Å². The second-order valence-corrected chi connectivity index (χ2v) is 10.2. The summed E-state index contributed by atoms with van der Waals surface area (Å²) >= 11 is 1.23. The van der Waals surface area contributed by atoms with Crippen LogP contribution in [0.15, 0.2) is 72.9 Å². The number of carbonyl (C=O) groups excluding carboxylic acids is 2. The molecule has 0 fully saturated rings. The molecule has 0 radical (unpaired) electrons. The molecule has 3 aromatic carbocycles. The van der Waals surface area contributed by atoms with Crippen LogP contribution in [0.3, 0.4) is 0 Å². The third-order valence-electron chi connectivity index (χ3n) is 6.39. The first-order valence-electron chi connectivity index (χ1n) is 12.5. The van der Waals surface area contributed by atoms with Crippen molar-refractivity contribution in [3.8, 4) is 27.6 Å². The molecule has 1 aliphatic heterocycles. The van der Waals surface area contributed by atoms with Gasteiger partial charge in [-0.15, -0.1) is 0 Å². The Morgan fingerprint density at radius 2 is 1.86 bits per heavy atom. The molecule has 13 heteroatoms. The molecule has 210 valence electrons. The molecule has 2 aromatic heterocycles. The van der Waals surface area contributed by atoms with Crippen LogP contribution in [0.4, 0.5) is 36.9 Å². The van der Waals surface area contributed by atoms with Crippen molar-refractivity contribution in [1.29, 1.82) is 0 Å². The van der Waals surface area contributed by atoms with E-state index in [1.807, 2.05) is 0 Å². The number of hydrogen-bond acceptors (Lipinski definition) is 9. The molecule has 10 nitrogen and oxygen atoms in total. The highest BCUT2D eigenvalue weighted by atomic mass is 32.1. The number of nitrogens with one attached hydrogen (secondary N) is 2. The van der Waals surface area contributed by atoms with Crippen molar-refractivity contribution in [3.05, 3.63) is 90.1 Å². The van der Waals surface area contributed by atoms with E-state index in [0.29, 0.717) is 55.7 Å². The molecule has 6 rings (SSSR count). The largest absolute Gasteiger partial charge is 0.482 e. The first-order valence-corrected chi connectivity index (χ1v) is 13.3. The molecule has 0 aliphatic carbocycles. The Morgan fingerprint density at radius 1 is 1.07 bits per heavy atom. The molecule has 0 bridgehead atoms. The number of nitrogens with zero attached hydrogens (tertiary/aromatic N) is 4. The van der Waals surface area contributed by atoms with Gasteiger partial charge >= 0.3 is 0 Å². The number of nitrogens with two attached hydrogens (primary N) is 1. The second-order valence-electron chi connectivity index (χ2n) is 9.18. The van der Waals surface area contributed by atoms with Crippen LogP contribution in [0.25, 0.3) is 21.8 Å². The van der Waals surface area contributed by atoms with Gasteiger partial charge in [0, 0.05) is 36.2 Å². The monoisotopic (exact) mass is 585 g/mol. The van der Waals surface area contributed by atoms with Gasteiger partial charge < -0.3 is 26.0 Å². The highest BCUT2D eigenvalue weighted by Gasteiger charge is 2.23. The van der Waals surface area contributed by atoms with E-state index in [0.717, 1.165) is 12.1 Å². The van der Waals surface area contributed by atoms with E-state index in [4.69, 9.17) is 10.5 Å². The zero-order chi connectivity index (χ0) is 29.4. The molecule has 0 unspecified atom stereocenters. The lowest BCUT2D eigenvalue weighted by atomic mass is 10.1. The second kappa shape index (κ2) is 10.9. The maximum absolute atomic E-state index is 14.3. The zero-order valence-electron chi connectivity index (χ0n) is 21.9. The number of carbonyl (C=O) groups is 2. The van der Waals surface area contributed by atoms with Crippen molar-refractivity contribution in [3.63, 3.8) is 0 Å². The summed E-state index contributed by atoms with van der Waals surface area (Å²) in [5, 5.41) is 6.17. The van der Waals surface area contributed by atoms with Gasteiger partial charge in [0.15, 0.2) is 11.7 Å². The minimum Gasteiger partial charge on any atom is -0.482 e. The quantitative estimate of drug-likeness (QED) is 0.239. The summed E-state index contributed by atoms with van der Waals surface area (Å²) in [6.07, 6.45) is 1.59. The smallest absolute Gasteiger partial charge is 0.263 e. The molecular formula is C29H21F2N7O3S. The van der Waals surface area contributed by atoms with Gasteiger partial charge in [-0.1, -0.05) is 29.5 Å². The minimum absolute atomic E-state index is 0.0663. The number of amides is 2. The molecule has 1 aliphatic rings. The topological polar surface area (TPSA) is 135 Å². The number of rotatable bonds is 6. The van der Waals surface area contributed by atoms with Crippen molar-refractivity contribution in [2.24, 2.45) is 0 Å². The van der Waals surface area contributed by atoms with Crippen LogP contribution >= 0.6 is 11.3 Å². The number of nitrogen functional groups attached to an aromatic ring is 1. The summed E-state index contributed by atoms with van der Waals surface area (Å²) in [7, 11) is 1.44. The highest BCUT2D eigenvalue weighted by molar-refractivity contribution is 7.19. The highest BCUT2D eigenvalue weighted by Crippen LogP contribution is 2.39. The molecular weight excluding hydrogens is 564 g/mol. The molecule has 5 aromatic rings. The van der Waals surface area contributed by atoms with Crippen LogP contribution < -0.4 is 26.0 Å². The van der Waals surface area contributed by atoms with Crippen LogP contribution in [-0.4, -0.2) is 40.4 Å². The maximum Gasteiger partial charge on any atom is 0.263 e. The number of thiazole rings is 1. The van der Waals surface area contributed by atoms with Crippen LogP contribution in [0.2, 0.25) is 0 Å². The van der Waals surface area contributed by atoms with Gasteiger partial charge in [0.2, 0.25) is 5.95 Å². The fourth-order valence-electron chi connectivity index (χ4n) is 4.38. The number of fused-ring (bicyclic) bond motifs is 1. The van der Waals surface area contributed by atoms with Crippen LogP contribution in [0.1, 0.15) is 10.4 Å². The summed E-state index contributed by atoms with van der Waals surface area (Å²) in [6, 6.07) is 17.0. The summed E-state index contributed by atoms with van der Waals surface area (Å²) in [6.45, 7) is -0.0663. The molecule has 0 saturated heterocycles.